The number of methoxy groups -OCH3 is 1. The second kappa shape index (κ2) is 6.80. The third-order valence-corrected chi connectivity index (χ3v) is 2.86. The van der Waals surface area contributed by atoms with Crippen molar-refractivity contribution in [2.75, 3.05) is 39.8 Å². The molecule has 0 amide bonds. The Bertz CT molecular complexity index is 191. The van der Waals surface area contributed by atoms with Crippen molar-refractivity contribution in [3.8, 4) is 0 Å². The minimum Gasteiger partial charge on any atom is -0.469 e. The van der Waals surface area contributed by atoms with Crippen molar-refractivity contribution < 1.29 is 9.53 Å². The first-order valence-corrected chi connectivity index (χ1v) is 5.78. The van der Waals surface area contributed by atoms with E-state index in [0.717, 1.165) is 45.6 Å². The van der Waals surface area contributed by atoms with Gasteiger partial charge in [0.1, 0.15) is 0 Å². The maximum absolute atomic E-state index is 11.5. The topological polar surface area (TPSA) is 41.6 Å². The lowest BCUT2D eigenvalue weighted by Crippen LogP contribution is -2.46. The average Bonchev–Trinajstić information content (AvgIpc) is 2.29. The molecule has 15 heavy (non-hydrogen) atoms. The highest BCUT2D eigenvalue weighted by molar-refractivity contribution is 5.72. The van der Waals surface area contributed by atoms with Crippen LogP contribution in [0.25, 0.3) is 0 Å². The van der Waals surface area contributed by atoms with Gasteiger partial charge in [-0.2, -0.15) is 0 Å². The van der Waals surface area contributed by atoms with Gasteiger partial charge in [0.25, 0.3) is 0 Å². The number of hydrogen-bond donors (Lipinski definition) is 1. The molecule has 1 aliphatic heterocycles. The van der Waals surface area contributed by atoms with E-state index in [0.29, 0.717) is 0 Å². The highest BCUT2D eigenvalue weighted by Gasteiger charge is 2.22. The van der Waals surface area contributed by atoms with E-state index in [1.807, 2.05) is 0 Å². The quantitative estimate of drug-likeness (QED) is 0.676. The summed E-state index contributed by atoms with van der Waals surface area (Å²) in [7, 11) is 1.47. The third-order valence-electron chi connectivity index (χ3n) is 2.86. The van der Waals surface area contributed by atoms with Gasteiger partial charge in [0.2, 0.25) is 0 Å². The van der Waals surface area contributed by atoms with E-state index in [9.17, 15) is 4.79 Å². The van der Waals surface area contributed by atoms with Crippen molar-refractivity contribution in [2.24, 2.45) is 5.92 Å². The van der Waals surface area contributed by atoms with E-state index in [1.165, 1.54) is 7.11 Å². The number of nitrogens with one attached hydrogen (secondary N) is 1. The molecule has 4 nitrogen and oxygen atoms in total. The Morgan fingerprint density at radius 3 is 2.67 bits per heavy atom. The summed E-state index contributed by atoms with van der Waals surface area (Å²) in [5, 5.41) is 3.31. The Morgan fingerprint density at radius 1 is 1.47 bits per heavy atom. The molecule has 4 heteroatoms. The third kappa shape index (κ3) is 4.18. The predicted octanol–water partition coefficient (Wildman–Crippen LogP) is 0.481. The van der Waals surface area contributed by atoms with Crippen LogP contribution < -0.4 is 5.32 Å². The van der Waals surface area contributed by atoms with E-state index in [4.69, 9.17) is 4.74 Å². The Labute approximate surface area is 92.0 Å². The fourth-order valence-corrected chi connectivity index (χ4v) is 2.00. The van der Waals surface area contributed by atoms with Gasteiger partial charge in [0.05, 0.1) is 13.0 Å². The Morgan fingerprint density at radius 2 is 2.13 bits per heavy atom. The monoisotopic (exact) mass is 214 g/mol. The largest absolute Gasteiger partial charge is 0.469 e. The van der Waals surface area contributed by atoms with Crippen LogP contribution in [0.4, 0.5) is 0 Å². The lowest BCUT2D eigenvalue weighted by Gasteiger charge is -2.29. The van der Waals surface area contributed by atoms with Crippen molar-refractivity contribution in [1.29, 1.82) is 0 Å². The number of rotatable bonds is 5. The normalized spacial score (nSPS) is 19.9. The zero-order valence-corrected chi connectivity index (χ0v) is 9.79. The van der Waals surface area contributed by atoms with Crippen LogP contribution in [-0.4, -0.2) is 50.7 Å². The second-order valence-corrected chi connectivity index (χ2v) is 4.06. The van der Waals surface area contributed by atoms with E-state index in [2.05, 4.69) is 17.1 Å². The van der Waals surface area contributed by atoms with Crippen molar-refractivity contribution in [2.45, 2.75) is 19.8 Å². The summed E-state index contributed by atoms with van der Waals surface area (Å²) < 4.78 is 4.83. The summed E-state index contributed by atoms with van der Waals surface area (Å²) in [6.07, 6.45) is 1.96. The highest BCUT2D eigenvalue weighted by Crippen LogP contribution is 2.11. The van der Waals surface area contributed by atoms with Gasteiger partial charge in [0, 0.05) is 32.7 Å². The van der Waals surface area contributed by atoms with Crippen molar-refractivity contribution in [3.63, 3.8) is 0 Å². The van der Waals surface area contributed by atoms with Crippen LogP contribution in [0.15, 0.2) is 0 Å². The molecule has 0 aromatic carbocycles. The zero-order chi connectivity index (χ0) is 11.1. The molecule has 1 fully saturated rings. The van der Waals surface area contributed by atoms with Gasteiger partial charge in [-0.1, -0.05) is 13.3 Å². The first-order chi connectivity index (χ1) is 7.27. The number of carbonyl (C=O) groups excluding carboxylic acids is 1. The molecule has 0 aromatic heterocycles. The molecular weight excluding hydrogens is 192 g/mol. The number of hydrogen-bond acceptors (Lipinski definition) is 4. The van der Waals surface area contributed by atoms with Gasteiger partial charge in [0.15, 0.2) is 0 Å². The van der Waals surface area contributed by atoms with Crippen LogP contribution in [0.2, 0.25) is 0 Å². The molecule has 1 aliphatic rings. The van der Waals surface area contributed by atoms with Crippen LogP contribution >= 0.6 is 0 Å². The van der Waals surface area contributed by atoms with Gasteiger partial charge >= 0.3 is 5.97 Å². The first kappa shape index (κ1) is 12.5. The molecule has 0 bridgehead atoms. The summed E-state index contributed by atoms with van der Waals surface area (Å²) >= 11 is 0. The summed E-state index contributed by atoms with van der Waals surface area (Å²) in [6.45, 7) is 7.09. The zero-order valence-electron chi connectivity index (χ0n) is 9.79. The number of nitrogens with zero attached hydrogens (tertiary/aromatic N) is 1. The van der Waals surface area contributed by atoms with Gasteiger partial charge in [-0.05, 0) is 6.42 Å². The molecule has 1 heterocycles. The number of esters is 1. The molecule has 88 valence electrons. The average molecular weight is 214 g/mol. The van der Waals surface area contributed by atoms with Gasteiger partial charge in [-0.25, -0.2) is 0 Å². The molecule has 0 spiro atoms. The Hall–Kier alpha value is -0.610. The lowest BCUT2D eigenvalue weighted by atomic mass is 10.0. The molecule has 0 radical (unpaired) electrons. The minimum atomic E-state index is -0.0598. The molecule has 1 atom stereocenters. The van der Waals surface area contributed by atoms with Gasteiger partial charge in [-0.15, -0.1) is 0 Å². The maximum Gasteiger partial charge on any atom is 0.309 e. The van der Waals surface area contributed by atoms with Crippen LogP contribution in [0.5, 0.6) is 0 Å². The Kier molecular flexibility index (Phi) is 5.65. The molecule has 1 N–H and O–H groups in total. The van der Waals surface area contributed by atoms with E-state index in [1.54, 1.807) is 0 Å². The summed E-state index contributed by atoms with van der Waals surface area (Å²) in [4.78, 5) is 13.9. The molecule has 0 aromatic rings. The van der Waals surface area contributed by atoms with Crippen LogP contribution in [0.3, 0.4) is 0 Å². The molecule has 0 saturated carbocycles. The van der Waals surface area contributed by atoms with Crippen molar-refractivity contribution >= 4 is 5.97 Å². The smallest absolute Gasteiger partial charge is 0.309 e. The Balaban J connectivity index is 2.38. The van der Waals surface area contributed by atoms with Crippen molar-refractivity contribution in [1.82, 2.24) is 10.2 Å². The highest BCUT2D eigenvalue weighted by atomic mass is 16.5. The fourth-order valence-electron chi connectivity index (χ4n) is 2.00. The van der Waals surface area contributed by atoms with E-state index < -0.39 is 0 Å². The van der Waals surface area contributed by atoms with Gasteiger partial charge in [-0.3, -0.25) is 9.69 Å². The predicted molar refractivity (Wildman–Crippen MR) is 59.7 cm³/mol. The maximum atomic E-state index is 11.5. The van der Waals surface area contributed by atoms with E-state index >= 15 is 0 Å². The SMILES string of the molecule is CCCC(CN1CCNCC1)C(=O)OC. The molecule has 1 saturated heterocycles. The van der Waals surface area contributed by atoms with Crippen LogP contribution in [0, 0.1) is 5.92 Å². The first-order valence-electron chi connectivity index (χ1n) is 5.78. The van der Waals surface area contributed by atoms with Crippen molar-refractivity contribution in [3.05, 3.63) is 0 Å². The summed E-state index contributed by atoms with van der Waals surface area (Å²) in [6, 6.07) is 0. The molecule has 1 unspecified atom stereocenters. The fraction of sp³-hybridized carbons (Fsp3) is 0.909. The second-order valence-electron chi connectivity index (χ2n) is 4.06. The number of piperazine rings is 1. The summed E-state index contributed by atoms with van der Waals surface area (Å²) in [5.41, 5.74) is 0. The van der Waals surface area contributed by atoms with Gasteiger partial charge < -0.3 is 10.1 Å². The molecular formula is C11H22N2O2. The standard InChI is InChI=1S/C11H22N2O2/c1-3-4-10(11(14)15-2)9-13-7-5-12-6-8-13/h10,12H,3-9H2,1-2H3. The van der Waals surface area contributed by atoms with Crippen LogP contribution in [-0.2, 0) is 9.53 Å². The molecule has 1 rings (SSSR count). The molecule has 0 aliphatic carbocycles. The minimum absolute atomic E-state index is 0.0538. The van der Waals surface area contributed by atoms with E-state index in [-0.39, 0.29) is 11.9 Å². The number of carbonyl (C=O) groups is 1. The lowest BCUT2D eigenvalue weighted by molar-refractivity contribution is -0.146. The summed E-state index contributed by atoms with van der Waals surface area (Å²) in [5.74, 6) is -0.00603. The van der Waals surface area contributed by atoms with Crippen LogP contribution in [0.1, 0.15) is 19.8 Å². The number of ether oxygens (including phenoxy) is 1.